The van der Waals surface area contributed by atoms with Gasteiger partial charge in [-0.3, -0.25) is 9.69 Å². The predicted molar refractivity (Wildman–Crippen MR) is 107 cm³/mol. The molecular weight excluding hydrogens is 409 g/mol. The summed E-state index contributed by atoms with van der Waals surface area (Å²) in [5.41, 5.74) is 1.41. The normalized spacial score (nSPS) is 19.2. The Morgan fingerprint density at radius 1 is 1.10 bits per heavy atom. The Labute approximate surface area is 177 Å². The molecule has 0 aliphatic heterocycles. The zero-order valence-corrected chi connectivity index (χ0v) is 16.8. The van der Waals surface area contributed by atoms with Crippen molar-refractivity contribution in [2.45, 2.75) is 50.7 Å². The van der Waals surface area contributed by atoms with Crippen molar-refractivity contribution in [3.05, 3.63) is 60.1 Å². The van der Waals surface area contributed by atoms with E-state index in [1.54, 1.807) is 13.0 Å². The van der Waals surface area contributed by atoms with Crippen LogP contribution in [-0.4, -0.2) is 33.2 Å². The number of hydrogen-bond acceptors (Lipinski definition) is 5. The Morgan fingerprint density at radius 3 is 2.45 bits per heavy atom. The standard InChI is InChI=1S/C22H21F3N4O2/c1-14-27-20(28-31-14)16-11-12-19(26-13-16)29(21(30)22(23,24)25)18-10-6-5-9-17(18)15-7-3-2-4-8-15/h2-4,7-8,11-13,17-18H,5-6,9-10H2,1H3/t17-,18+/m0/s1. The van der Waals surface area contributed by atoms with Crippen molar-refractivity contribution >= 4 is 11.7 Å². The lowest BCUT2D eigenvalue weighted by atomic mass is 9.79. The second-order valence-electron chi connectivity index (χ2n) is 7.58. The Hall–Kier alpha value is -3.23. The minimum Gasteiger partial charge on any atom is -0.339 e. The molecule has 3 aromatic rings. The van der Waals surface area contributed by atoms with Crippen LogP contribution in [0.1, 0.15) is 43.1 Å². The summed E-state index contributed by atoms with van der Waals surface area (Å²) in [7, 11) is 0. The van der Waals surface area contributed by atoms with Crippen molar-refractivity contribution in [3.8, 4) is 11.4 Å². The molecule has 1 aliphatic carbocycles. The van der Waals surface area contributed by atoms with Gasteiger partial charge >= 0.3 is 12.1 Å². The van der Waals surface area contributed by atoms with Gasteiger partial charge in [0.15, 0.2) is 0 Å². The van der Waals surface area contributed by atoms with Gasteiger partial charge in [-0.2, -0.15) is 18.2 Å². The topological polar surface area (TPSA) is 72.1 Å². The van der Waals surface area contributed by atoms with E-state index < -0.39 is 18.1 Å². The molecule has 0 bridgehead atoms. The molecular formula is C22H21F3N4O2. The molecule has 31 heavy (non-hydrogen) atoms. The number of carbonyl (C=O) groups is 1. The summed E-state index contributed by atoms with van der Waals surface area (Å²) in [6.07, 6.45) is -0.838. The molecule has 1 fully saturated rings. The van der Waals surface area contributed by atoms with E-state index in [0.29, 0.717) is 24.3 Å². The van der Waals surface area contributed by atoms with Crippen LogP contribution in [0.5, 0.6) is 0 Å². The van der Waals surface area contributed by atoms with E-state index in [-0.39, 0.29) is 17.6 Å². The van der Waals surface area contributed by atoms with Gasteiger partial charge in [0.25, 0.3) is 0 Å². The number of carbonyl (C=O) groups excluding carboxylic acids is 1. The lowest BCUT2D eigenvalue weighted by Crippen LogP contribution is -2.51. The highest BCUT2D eigenvalue weighted by atomic mass is 19.4. The number of benzene rings is 1. The van der Waals surface area contributed by atoms with Gasteiger partial charge in [-0.05, 0) is 30.5 Å². The summed E-state index contributed by atoms with van der Waals surface area (Å²) in [6, 6.07) is 11.7. The van der Waals surface area contributed by atoms with E-state index in [9.17, 15) is 18.0 Å². The van der Waals surface area contributed by atoms with Gasteiger partial charge in [0, 0.05) is 30.6 Å². The minimum absolute atomic E-state index is 0.0425. The fraction of sp³-hybridized carbons (Fsp3) is 0.364. The predicted octanol–water partition coefficient (Wildman–Crippen LogP) is 5.06. The number of alkyl halides is 3. The van der Waals surface area contributed by atoms with Gasteiger partial charge in [-0.25, -0.2) is 4.98 Å². The van der Waals surface area contributed by atoms with Crippen LogP contribution < -0.4 is 4.90 Å². The van der Waals surface area contributed by atoms with E-state index in [1.807, 2.05) is 30.3 Å². The third kappa shape index (κ3) is 4.45. The van der Waals surface area contributed by atoms with Gasteiger partial charge in [-0.15, -0.1) is 0 Å². The highest BCUT2D eigenvalue weighted by molar-refractivity contribution is 5.97. The summed E-state index contributed by atoms with van der Waals surface area (Å²) in [5, 5.41) is 3.79. The molecule has 162 valence electrons. The molecule has 6 nitrogen and oxygen atoms in total. The van der Waals surface area contributed by atoms with Gasteiger partial charge in [0.1, 0.15) is 5.82 Å². The lowest BCUT2D eigenvalue weighted by Gasteiger charge is -2.40. The lowest BCUT2D eigenvalue weighted by molar-refractivity contribution is -0.171. The second-order valence-corrected chi connectivity index (χ2v) is 7.58. The second kappa shape index (κ2) is 8.49. The van der Waals surface area contributed by atoms with Crippen molar-refractivity contribution in [3.63, 3.8) is 0 Å². The summed E-state index contributed by atoms with van der Waals surface area (Å²) in [4.78, 5) is 21.6. The first-order chi connectivity index (χ1) is 14.8. The monoisotopic (exact) mass is 430 g/mol. The number of rotatable bonds is 4. The van der Waals surface area contributed by atoms with Crippen LogP contribution in [0.15, 0.2) is 53.2 Å². The summed E-state index contributed by atoms with van der Waals surface area (Å²) in [5.74, 6) is -1.51. The first-order valence-corrected chi connectivity index (χ1v) is 10.1. The van der Waals surface area contributed by atoms with Gasteiger partial charge < -0.3 is 4.52 Å². The smallest absolute Gasteiger partial charge is 0.339 e. The Kier molecular flexibility index (Phi) is 5.75. The van der Waals surface area contributed by atoms with E-state index in [2.05, 4.69) is 15.1 Å². The maximum absolute atomic E-state index is 13.6. The molecule has 2 heterocycles. The van der Waals surface area contributed by atoms with Crippen molar-refractivity contribution in [1.29, 1.82) is 0 Å². The van der Waals surface area contributed by atoms with Crippen LogP contribution in [0.25, 0.3) is 11.4 Å². The van der Waals surface area contributed by atoms with Crippen LogP contribution in [0.4, 0.5) is 19.0 Å². The highest BCUT2D eigenvalue weighted by Gasteiger charge is 2.47. The first kappa shape index (κ1) is 21.0. The molecule has 0 saturated heterocycles. The maximum Gasteiger partial charge on any atom is 0.471 e. The average Bonchev–Trinajstić information content (AvgIpc) is 3.21. The maximum atomic E-state index is 13.6. The number of aromatic nitrogens is 3. The molecule has 0 radical (unpaired) electrons. The van der Waals surface area contributed by atoms with Crippen LogP contribution in [-0.2, 0) is 4.79 Å². The molecule has 4 rings (SSSR count). The SMILES string of the molecule is Cc1nc(-c2ccc(N(C(=O)C(F)(F)F)[C@@H]3CCCC[C@H]3c3ccccc3)nc2)no1. The van der Waals surface area contributed by atoms with Crippen LogP contribution in [0.2, 0.25) is 0 Å². The van der Waals surface area contributed by atoms with Crippen molar-refractivity contribution < 1.29 is 22.5 Å². The number of pyridine rings is 1. The average molecular weight is 430 g/mol. The fourth-order valence-electron chi connectivity index (χ4n) is 4.15. The Morgan fingerprint density at radius 2 is 1.84 bits per heavy atom. The minimum atomic E-state index is -5.01. The van der Waals surface area contributed by atoms with Gasteiger partial charge in [0.2, 0.25) is 11.7 Å². The summed E-state index contributed by atoms with van der Waals surface area (Å²) < 4.78 is 45.6. The third-order valence-corrected chi connectivity index (χ3v) is 5.53. The summed E-state index contributed by atoms with van der Waals surface area (Å²) >= 11 is 0. The quantitative estimate of drug-likeness (QED) is 0.578. The summed E-state index contributed by atoms with van der Waals surface area (Å²) in [6.45, 7) is 1.63. The van der Waals surface area contributed by atoms with Gasteiger partial charge in [0.05, 0.1) is 0 Å². The highest BCUT2D eigenvalue weighted by Crippen LogP contribution is 2.39. The van der Waals surface area contributed by atoms with Crippen molar-refractivity contribution in [1.82, 2.24) is 15.1 Å². The van der Waals surface area contributed by atoms with Crippen LogP contribution in [0, 0.1) is 6.92 Å². The number of aryl methyl sites for hydroxylation is 1. The van der Waals surface area contributed by atoms with Crippen LogP contribution >= 0.6 is 0 Å². The molecule has 1 saturated carbocycles. The van der Waals surface area contributed by atoms with E-state index >= 15 is 0 Å². The van der Waals surface area contributed by atoms with Crippen molar-refractivity contribution in [2.75, 3.05) is 4.90 Å². The zero-order valence-electron chi connectivity index (χ0n) is 16.8. The number of hydrogen-bond donors (Lipinski definition) is 0. The molecule has 2 aromatic heterocycles. The van der Waals surface area contributed by atoms with Gasteiger partial charge in [-0.1, -0.05) is 48.3 Å². The van der Waals surface area contributed by atoms with E-state index in [1.165, 1.54) is 12.3 Å². The number of amides is 1. The fourth-order valence-corrected chi connectivity index (χ4v) is 4.15. The Bertz CT molecular complexity index is 1030. The number of halogens is 3. The van der Waals surface area contributed by atoms with Crippen molar-refractivity contribution in [2.24, 2.45) is 0 Å². The molecule has 0 N–H and O–H groups in total. The molecule has 9 heteroatoms. The first-order valence-electron chi connectivity index (χ1n) is 10.1. The molecule has 1 aromatic carbocycles. The Balaban J connectivity index is 1.72. The largest absolute Gasteiger partial charge is 0.471 e. The van der Waals surface area contributed by atoms with E-state index in [0.717, 1.165) is 23.3 Å². The molecule has 1 aliphatic rings. The molecule has 0 unspecified atom stereocenters. The molecule has 2 atom stereocenters. The zero-order chi connectivity index (χ0) is 22.0. The molecule has 0 spiro atoms. The third-order valence-electron chi connectivity index (χ3n) is 5.53. The number of nitrogens with zero attached hydrogens (tertiary/aromatic N) is 4. The molecule has 1 amide bonds. The van der Waals surface area contributed by atoms with Crippen LogP contribution in [0.3, 0.4) is 0 Å². The number of anilines is 1. The van der Waals surface area contributed by atoms with E-state index in [4.69, 9.17) is 4.52 Å².